The largest absolute Gasteiger partial charge is 1.00 e. The van der Waals surface area contributed by atoms with Gasteiger partial charge in [-0.15, -0.1) is 0 Å². The fourth-order valence-electron chi connectivity index (χ4n) is 0.363. The minimum absolute atomic E-state index is 0. The van der Waals surface area contributed by atoms with E-state index in [1.165, 1.54) is 0 Å². The van der Waals surface area contributed by atoms with Crippen molar-refractivity contribution in [3.05, 3.63) is 24.0 Å². The molecule has 0 amide bonds. The number of sulfone groups is 2. The Bertz CT molecular complexity index is 348. The van der Waals surface area contributed by atoms with Gasteiger partial charge in [0.1, 0.15) is 0 Å². The summed E-state index contributed by atoms with van der Waals surface area (Å²) in [6.45, 7) is 6.06. The zero-order valence-corrected chi connectivity index (χ0v) is 11.5. The van der Waals surface area contributed by atoms with Crippen molar-refractivity contribution in [1.82, 2.24) is 0 Å². The topological polar surface area (TPSA) is 77.5 Å². The zero-order chi connectivity index (χ0) is 10.5. The van der Waals surface area contributed by atoms with Crippen LogP contribution in [0.2, 0.25) is 0 Å². The molecule has 0 aromatic carbocycles. The summed E-state index contributed by atoms with van der Waals surface area (Å²) >= 11 is 0. The molecule has 0 aliphatic carbocycles. The molecule has 0 fully saturated rings. The van der Waals surface area contributed by atoms with Crippen LogP contribution in [0.4, 0.5) is 0 Å². The van der Waals surface area contributed by atoms with Gasteiger partial charge in [-0.25, -0.2) is 16.8 Å². The predicted molar refractivity (Wildman–Crippen MR) is 50.2 cm³/mol. The average molecular weight is 250 g/mol. The van der Waals surface area contributed by atoms with Crippen LogP contribution in [-0.4, -0.2) is 28.7 Å². The van der Waals surface area contributed by atoms with Crippen LogP contribution >= 0.6 is 0 Å². The van der Waals surface area contributed by atoms with Crippen molar-refractivity contribution in [2.24, 2.45) is 0 Å². The summed E-state index contributed by atoms with van der Waals surface area (Å²) in [5, 5.41) is 1.40. The van der Waals surface area contributed by atoms with Crippen molar-refractivity contribution < 1.29 is 52.6 Å². The standard InChI is InChI=1S/C6H10O5S2.Na.H/c1-3-12(7,8)5-11-6-13(9,10)4-2;;/h3-4H,1-2,5-6H2;;/q;+1;-1. The molecule has 0 aliphatic heterocycles. The molecule has 8 heteroatoms. The van der Waals surface area contributed by atoms with E-state index >= 15 is 0 Å². The second kappa shape index (κ2) is 6.76. The molecule has 0 saturated heterocycles. The number of hydrogen-bond donors (Lipinski definition) is 0. The maximum Gasteiger partial charge on any atom is 1.00 e. The molecule has 0 aliphatic rings. The fourth-order valence-corrected chi connectivity index (χ4v) is 1.29. The summed E-state index contributed by atoms with van der Waals surface area (Å²) in [6, 6.07) is 0. The molecule has 0 spiro atoms. The summed E-state index contributed by atoms with van der Waals surface area (Å²) in [6.07, 6.45) is 0. The van der Waals surface area contributed by atoms with Gasteiger partial charge in [-0.05, 0) is 0 Å². The molecule has 0 rings (SSSR count). The minimum atomic E-state index is -3.51. The summed E-state index contributed by atoms with van der Waals surface area (Å²) < 4.78 is 47.3. The second-order valence-corrected chi connectivity index (χ2v) is 5.89. The Morgan fingerprint density at radius 3 is 1.50 bits per heavy atom. The SMILES string of the molecule is C=CS(=O)(=O)COCS(=O)(=O)C=C.[H-].[Na+]. The van der Waals surface area contributed by atoms with Gasteiger partial charge in [0.2, 0.25) is 0 Å². The summed E-state index contributed by atoms with van der Waals surface area (Å²) in [4.78, 5) is 0. The van der Waals surface area contributed by atoms with Gasteiger partial charge in [-0.3, -0.25) is 0 Å². The van der Waals surface area contributed by atoms with Crippen LogP contribution < -0.4 is 29.6 Å². The van der Waals surface area contributed by atoms with Crippen molar-refractivity contribution in [2.45, 2.75) is 0 Å². The average Bonchev–Trinajstić information content (AvgIpc) is 2.04. The second-order valence-electron chi connectivity index (χ2n) is 2.10. The molecule has 0 N–H and O–H groups in total. The van der Waals surface area contributed by atoms with Crippen molar-refractivity contribution in [2.75, 3.05) is 11.9 Å². The van der Waals surface area contributed by atoms with Gasteiger partial charge in [0, 0.05) is 10.8 Å². The van der Waals surface area contributed by atoms with Gasteiger partial charge in [0.05, 0.1) is 0 Å². The zero-order valence-electron chi connectivity index (χ0n) is 8.84. The third-order valence-corrected chi connectivity index (χ3v) is 3.01. The smallest absolute Gasteiger partial charge is 1.00 e. The van der Waals surface area contributed by atoms with Crippen LogP contribution in [-0.2, 0) is 24.4 Å². The van der Waals surface area contributed by atoms with Crippen LogP contribution in [0.3, 0.4) is 0 Å². The van der Waals surface area contributed by atoms with Crippen LogP contribution in [0.25, 0.3) is 0 Å². The quantitative estimate of drug-likeness (QED) is 0.474. The monoisotopic (exact) mass is 250 g/mol. The molecule has 0 bridgehead atoms. The van der Waals surface area contributed by atoms with Crippen molar-refractivity contribution >= 4 is 19.7 Å². The Hall–Kier alpha value is 0.340. The van der Waals surface area contributed by atoms with E-state index in [1.807, 2.05) is 0 Å². The molecule has 0 aromatic rings. The van der Waals surface area contributed by atoms with Gasteiger partial charge >= 0.3 is 29.6 Å². The molecule has 14 heavy (non-hydrogen) atoms. The molecule has 5 nitrogen and oxygen atoms in total. The number of rotatable bonds is 6. The molecule has 0 heterocycles. The molecule has 0 saturated carbocycles. The Kier molecular flexibility index (Phi) is 8.09. The molecule has 0 unspecified atom stereocenters. The van der Waals surface area contributed by atoms with Gasteiger partial charge in [-0.2, -0.15) is 0 Å². The van der Waals surface area contributed by atoms with E-state index in [4.69, 9.17) is 0 Å². The maximum atomic E-state index is 10.7. The van der Waals surface area contributed by atoms with E-state index in [0.717, 1.165) is 0 Å². The van der Waals surface area contributed by atoms with Crippen LogP contribution in [0.5, 0.6) is 0 Å². The molecular weight excluding hydrogens is 239 g/mol. The molecule has 0 radical (unpaired) electrons. The van der Waals surface area contributed by atoms with E-state index in [9.17, 15) is 16.8 Å². The first-order valence-electron chi connectivity index (χ1n) is 3.11. The minimum Gasteiger partial charge on any atom is -1.00 e. The Labute approximate surface area is 107 Å². The van der Waals surface area contributed by atoms with Gasteiger partial charge in [0.25, 0.3) is 0 Å². The fraction of sp³-hybridized carbons (Fsp3) is 0.333. The van der Waals surface area contributed by atoms with Gasteiger partial charge < -0.3 is 6.16 Å². The molecular formula is C6H11NaO5S2. The summed E-state index contributed by atoms with van der Waals surface area (Å²) in [5.74, 6) is -1.38. The third-order valence-electron chi connectivity index (χ3n) is 1.00. The molecule has 0 aromatic heterocycles. The van der Waals surface area contributed by atoms with Crippen LogP contribution in [0.1, 0.15) is 1.43 Å². The normalized spacial score (nSPS) is 11.4. The van der Waals surface area contributed by atoms with Gasteiger partial charge in [0.15, 0.2) is 31.6 Å². The van der Waals surface area contributed by atoms with Gasteiger partial charge in [-0.1, -0.05) is 13.2 Å². The maximum absolute atomic E-state index is 10.7. The Balaban J connectivity index is -0.000000720. The summed E-state index contributed by atoms with van der Waals surface area (Å²) in [7, 11) is -7.01. The van der Waals surface area contributed by atoms with E-state index in [1.54, 1.807) is 0 Å². The summed E-state index contributed by atoms with van der Waals surface area (Å²) in [5.41, 5.74) is 0. The third kappa shape index (κ3) is 7.72. The number of hydrogen-bond acceptors (Lipinski definition) is 5. The van der Waals surface area contributed by atoms with E-state index in [2.05, 4.69) is 17.9 Å². The van der Waals surface area contributed by atoms with Crippen molar-refractivity contribution in [3.8, 4) is 0 Å². The Morgan fingerprint density at radius 1 is 1.00 bits per heavy atom. The van der Waals surface area contributed by atoms with Crippen LogP contribution in [0.15, 0.2) is 24.0 Å². The first-order valence-corrected chi connectivity index (χ1v) is 6.54. The van der Waals surface area contributed by atoms with Crippen molar-refractivity contribution in [3.63, 3.8) is 0 Å². The van der Waals surface area contributed by atoms with E-state index in [0.29, 0.717) is 10.8 Å². The van der Waals surface area contributed by atoms with E-state index < -0.39 is 31.6 Å². The predicted octanol–water partition coefficient (Wildman–Crippen LogP) is -2.85. The molecule has 0 atom stereocenters. The Morgan fingerprint density at radius 2 is 1.29 bits per heavy atom. The number of ether oxygens (including phenoxy) is 1. The van der Waals surface area contributed by atoms with Crippen LogP contribution in [0, 0.1) is 0 Å². The first kappa shape index (κ1) is 16.8. The first-order chi connectivity index (χ1) is 5.83. The molecule has 78 valence electrons. The van der Waals surface area contributed by atoms with E-state index in [-0.39, 0.29) is 31.0 Å². The van der Waals surface area contributed by atoms with Crippen molar-refractivity contribution in [1.29, 1.82) is 0 Å².